The quantitative estimate of drug-likeness (QED) is 0.920. The standard InChI is InChI=1S/C9H5Cl2F3O4S/c10-4-1-5(8(15)16)7(11)6(2-4)19(17,18)3-9(12,13)14/h1-2H,3H2,(H,15,16). The Kier molecular flexibility index (Phi) is 4.38. The molecule has 4 nitrogen and oxygen atoms in total. The number of carbonyl (C=O) groups is 1. The highest BCUT2D eigenvalue weighted by atomic mass is 35.5. The first kappa shape index (κ1) is 16.1. The van der Waals surface area contributed by atoms with Crippen LogP contribution in [0.3, 0.4) is 0 Å². The summed E-state index contributed by atoms with van der Waals surface area (Å²) >= 11 is 11.0. The van der Waals surface area contributed by atoms with E-state index in [0.717, 1.165) is 6.07 Å². The van der Waals surface area contributed by atoms with Gasteiger partial charge in [0.25, 0.3) is 0 Å². The molecule has 1 N–H and O–H groups in total. The molecule has 0 heterocycles. The lowest BCUT2D eigenvalue weighted by Crippen LogP contribution is -2.23. The van der Waals surface area contributed by atoms with Gasteiger partial charge in [0, 0.05) is 5.02 Å². The molecular formula is C9H5Cl2F3O4S. The van der Waals surface area contributed by atoms with E-state index in [1.165, 1.54) is 0 Å². The number of carboxylic acid groups (broad SMARTS) is 1. The van der Waals surface area contributed by atoms with E-state index >= 15 is 0 Å². The first-order chi connectivity index (χ1) is 8.44. The van der Waals surface area contributed by atoms with Crippen molar-refractivity contribution in [2.24, 2.45) is 0 Å². The van der Waals surface area contributed by atoms with Gasteiger partial charge in [-0.1, -0.05) is 23.2 Å². The molecule has 0 aliphatic heterocycles. The minimum absolute atomic E-state index is 0.345. The summed E-state index contributed by atoms with van der Waals surface area (Å²) in [7, 11) is -4.83. The molecular weight excluding hydrogens is 332 g/mol. The number of rotatable bonds is 3. The molecule has 0 saturated carbocycles. The van der Waals surface area contributed by atoms with Gasteiger partial charge < -0.3 is 5.11 Å². The van der Waals surface area contributed by atoms with Gasteiger partial charge in [-0.3, -0.25) is 0 Å². The van der Waals surface area contributed by atoms with Crippen LogP contribution in [0.2, 0.25) is 10.0 Å². The fraction of sp³-hybridized carbons (Fsp3) is 0.222. The average Bonchev–Trinajstić information content (AvgIpc) is 2.16. The number of alkyl halides is 3. The fourth-order valence-corrected chi connectivity index (χ4v) is 3.34. The van der Waals surface area contributed by atoms with Crippen molar-refractivity contribution in [2.75, 3.05) is 5.75 Å². The molecule has 0 bridgehead atoms. The molecule has 0 saturated heterocycles. The van der Waals surface area contributed by atoms with Gasteiger partial charge in [-0.15, -0.1) is 0 Å². The molecule has 0 aliphatic rings. The Labute approximate surface area is 115 Å². The van der Waals surface area contributed by atoms with E-state index in [4.69, 9.17) is 28.3 Å². The van der Waals surface area contributed by atoms with Gasteiger partial charge in [-0.2, -0.15) is 13.2 Å². The molecule has 0 atom stereocenters. The van der Waals surface area contributed by atoms with Gasteiger partial charge in [0.1, 0.15) is 0 Å². The fourth-order valence-electron chi connectivity index (χ4n) is 1.24. The third kappa shape index (κ3) is 3.99. The Morgan fingerprint density at radius 3 is 2.21 bits per heavy atom. The number of sulfone groups is 1. The smallest absolute Gasteiger partial charge is 0.403 e. The zero-order valence-electron chi connectivity index (χ0n) is 8.83. The van der Waals surface area contributed by atoms with Crippen molar-refractivity contribution in [1.29, 1.82) is 0 Å². The second-order valence-electron chi connectivity index (χ2n) is 3.44. The van der Waals surface area contributed by atoms with E-state index in [-0.39, 0.29) is 5.02 Å². The normalized spacial score (nSPS) is 12.5. The second-order valence-corrected chi connectivity index (χ2v) is 6.22. The van der Waals surface area contributed by atoms with Crippen molar-refractivity contribution in [3.05, 3.63) is 27.7 Å². The number of benzene rings is 1. The van der Waals surface area contributed by atoms with Gasteiger partial charge in [0.05, 0.1) is 15.5 Å². The number of halogens is 5. The van der Waals surface area contributed by atoms with Crippen molar-refractivity contribution < 1.29 is 31.5 Å². The molecule has 0 radical (unpaired) electrons. The summed E-state index contributed by atoms with van der Waals surface area (Å²) in [6, 6.07) is 1.52. The molecule has 0 aliphatic carbocycles. The monoisotopic (exact) mass is 336 g/mol. The molecule has 0 fully saturated rings. The molecule has 19 heavy (non-hydrogen) atoms. The molecule has 10 heteroatoms. The topological polar surface area (TPSA) is 71.4 Å². The Hall–Kier alpha value is -0.990. The van der Waals surface area contributed by atoms with Crippen LogP contribution >= 0.6 is 23.2 Å². The van der Waals surface area contributed by atoms with Gasteiger partial charge in [-0.05, 0) is 12.1 Å². The van der Waals surface area contributed by atoms with Gasteiger partial charge in [0.15, 0.2) is 15.6 Å². The Balaban J connectivity index is 3.48. The zero-order valence-corrected chi connectivity index (χ0v) is 11.2. The lowest BCUT2D eigenvalue weighted by molar-refractivity contribution is -0.106. The van der Waals surface area contributed by atoms with E-state index in [1.807, 2.05) is 0 Å². The predicted molar refractivity (Wildman–Crippen MR) is 61.5 cm³/mol. The van der Waals surface area contributed by atoms with Crippen molar-refractivity contribution in [3.63, 3.8) is 0 Å². The molecule has 0 unspecified atom stereocenters. The van der Waals surface area contributed by atoms with Crippen molar-refractivity contribution in [1.82, 2.24) is 0 Å². The predicted octanol–water partition coefficient (Wildman–Crippen LogP) is 3.03. The summed E-state index contributed by atoms with van der Waals surface area (Å²) in [5.41, 5.74) is -0.685. The van der Waals surface area contributed by atoms with E-state index in [2.05, 4.69) is 0 Å². The van der Waals surface area contributed by atoms with Crippen LogP contribution < -0.4 is 0 Å². The Morgan fingerprint density at radius 2 is 1.79 bits per heavy atom. The third-order valence-corrected chi connectivity index (χ3v) is 4.36. The maximum Gasteiger partial charge on any atom is 0.403 e. The van der Waals surface area contributed by atoms with Crippen molar-refractivity contribution in [3.8, 4) is 0 Å². The van der Waals surface area contributed by atoms with Crippen LogP contribution in [0.25, 0.3) is 0 Å². The largest absolute Gasteiger partial charge is 0.478 e. The number of hydrogen-bond donors (Lipinski definition) is 1. The van der Waals surface area contributed by atoms with Gasteiger partial charge in [-0.25, -0.2) is 13.2 Å². The zero-order chi connectivity index (χ0) is 15.0. The second kappa shape index (κ2) is 5.18. The lowest BCUT2D eigenvalue weighted by Gasteiger charge is -2.11. The number of carboxylic acids is 1. The molecule has 0 aromatic heterocycles. The maximum absolute atomic E-state index is 12.2. The summed E-state index contributed by atoms with van der Waals surface area (Å²) < 4.78 is 59.5. The highest BCUT2D eigenvalue weighted by Gasteiger charge is 2.37. The minimum Gasteiger partial charge on any atom is -0.478 e. The van der Waals surface area contributed by atoms with E-state index in [1.54, 1.807) is 0 Å². The van der Waals surface area contributed by atoms with Gasteiger partial charge >= 0.3 is 12.1 Å². The van der Waals surface area contributed by atoms with Crippen LogP contribution in [0.5, 0.6) is 0 Å². The summed E-state index contributed by atoms with van der Waals surface area (Å²) in [4.78, 5) is 9.82. The molecule has 106 valence electrons. The Morgan fingerprint density at radius 1 is 1.26 bits per heavy atom. The first-order valence-corrected chi connectivity index (χ1v) is 6.87. The molecule has 1 rings (SSSR count). The first-order valence-electron chi connectivity index (χ1n) is 4.46. The SMILES string of the molecule is O=C(O)c1cc(Cl)cc(S(=O)(=O)CC(F)(F)F)c1Cl. The maximum atomic E-state index is 12.2. The summed E-state index contributed by atoms with van der Waals surface area (Å²) in [5.74, 6) is -3.75. The highest BCUT2D eigenvalue weighted by molar-refractivity contribution is 7.91. The van der Waals surface area contributed by atoms with E-state index < -0.39 is 43.2 Å². The van der Waals surface area contributed by atoms with E-state index in [0.29, 0.717) is 6.07 Å². The molecule has 1 aromatic rings. The molecule has 0 spiro atoms. The summed E-state index contributed by atoms with van der Waals surface area (Å²) in [6.45, 7) is 0. The van der Waals surface area contributed by atoms with Crippen LogP contribution in [-0.2, 0) is 9.84 Å². The third-order valence-electron chi connectivity index (χ3n) is 1.92. The Bertz CT molecular complexity index is 625. The van der Waals surface area contributed by atoms with E-state index in [9.17, 15) is 26.4 Å². The minimum atomic E-state index is -4.98. The number of aromatic carboxylic acids is 1. The van der Waals surface area contributed by atoms with Crippen LogP contribution in [0.4, 0.5) is 13.2 Å². The van der Waals surface area contributed by atoms with Crippen LogP contribution in [-0.4, -0.2) is 31.4 Å². The summed E-state index contributed by atoms with van der Waals surface area (Å²) in [5, 5.41) is 7.60. The van der Waals surface area contributed by atoms with Crippen LogP contribution in [0, 0.1) is 0 Å². The van der Waals surface area contributed by atoms with Gasteiger partial charge in [0.2, 0.25) is 0 Å². The average molecular weight is 337 g/mol. The lowest BCUT2D eigenvalue weighted by atomic mass is 10.2. The molecule has 1 aromatic carbocycles. The summed E-state index contributed by atoms with van der Waals surface area (Å²) in [6.07, 6.45) is -4.98. The highest BCUT2D eigenvalue weighted by Crippen LogP contribution is 2.32. The number of hydrogen-bond acceptors (Lipinski definition) is 3. The van der Waals surface area contributed by atoms with Crippen molar-refractivity contribution >= 4 is 39.0 Å². The van der Waals surface area contributed by atoms with Crippen LogP contribution in [0.1, 0.15) is 10.4 Å². The molecule has 0 amide bonds. The van der Waals surface area contributed by atoms with Crippen molar-refractivity contribution in [2.45, 2.75) is 11.1 Å². The van der Waals surface area contributed by atoms with Crippen LogP contribution in [0.15, 0.2) is 17.0 Å².